The first-order valence-electron chi connectivity index (χ1n) is 11.7. The molecule has 0 aliphatic heterocycles. The lowest BCUT2D eigenvalue weighted by Crippen LogP contribution is -2.48. The number of nitrogens with two attached hydrogens (primary N) is 1. The van der Waals surface area contributed by atoms with Gasteiger partial charge in [0, 0.05) is 6.42 Å². The van der Waals surface area contributed by atoms with E-state index in [4.69, 9.17) is 10.8 Å². The number of hydrogen-bond donors (Lipinski definition) is 3. The standard InChI is InChI=1S/C23H45NO4/c1-2-3-4-5-6-7-8-9-10-11-12-13-14-15-16-17-19-23(24,22(27)28)20-18-21(25)26/h2-20,24H2,1H3,(H,25,26)(H,27,28)/t23-/m0/s1. The molecule has 0 spiro atoms. The van der Waals surface area contributed by atoms with Gasteiger partial charge < -0.3 is 15.9 Å². The van der Waals surface area contributed by atoms with E-state index < -0.39 is 17.5 Å². The largest absolute Gasteiger partial charge is 0.481 e. The van der Waals surface area contributed by atoms with Crippen molar-refractivity contribution >= 4 is 11.9 Å². The molecule has 0 aromatic carbocycles. The highest BCUT2D eigenvalue weighted by Gasteiger charge is 2.33. The van der Waals surface area contributed by atoms with Gasteiger partial charge in [-0.15, -0.1) is 0 Å². The number of carboxylic acids is 2. The fourth-order valence-electron chi connectivity index (χ4n) is 3.66. The summed E-state index contributed by atoms with van der Waals surface area (Å²) in [5.41, 5.74) is 4.49. The number of hydrogen-bond acceptors (Lipinski definition) is 3. The summed E-state index contributed by atoms with van der Waals surface area (Å²) in [5.74, 6) is -2.09. The minimum atomic E-state index is -1.39. The lowest BCUT2D eigenvalue weighted by Gasteiger charge is -2.23. The van der Waals surface area contributed by atoms with Gasteiger partial charge >= 0.3 is 11.9 Å². The second kappa shape index (κ2) is 18.0. The SMILES string of the molecule is CCCCCCCCCCCCCCCCCC[C@](N)(CCC(=O)O)C(=O)O. The highest BCUT2D eigenvalue weighted by molar-refractivity contribution is 5.79. The zero-order valence-electron chi connectivity index (χ0n) is 18.2. The van der Waals surface area contributed by atoms with Crippen molar-refractivity contribution in [3.05, 3.63) is 0 Å². The molecule has 0 unspecified atom stereocenters. The third-order valence-corrected chi connectivity index (χ3v) is 5.69. The number of aliphatic carboxylic acids is 2. The van der Waals surface area contributed by atoms with Crippen molar-refractivity contribution < 1.29 is 19.8 Å². The van der Waals surface area contributed by atoms with Gasteiger partial charge in [0.2, 0.25) is 0 Å². The normalized spacial score (nSPS) is 13.4. The van der Waals surface area contributed by atoms with Crippen LogP contribution in [0.15, 0.2) is 0 Å². The molecule has 4 N–H and O–H groups in total. The predicted molar refractivity (Wildman–Crippen MR) is 116 cm³/mol. The van der Waals surface area contributed by atoms with Crippen molar-refractivity contribution in [3.63, 3.8) is 0 Å². The second-order valence-corrected chi connectivity index (χ2v) is 8.41. The van der Waals surface area contributed by atoms with E-state index in [2.05, 4.69) is 6.92 Å². The molecule has 28 heavy (non-hydrogen) atoms. The van der Waals surface area contributed by atoms with Gasteiger partial charge in [-0.3, -0.25) is 9.59 Å². The van der Waals surface area contributed by atoms with Crippen molar-refractivity contribution in [1.82, 2.24) is 0 Å². The van der Waals surface area contributed by atoms with E-state index in [-0.39, 0.29) is 12.8 Å². The quantitative estimate of drug-likeness (QED) is 0.197. The molecule has 0 radical (unpaired) electrons. The van der Waals surface area contributed by atoms with Crippen LogP contribution in [0, 0.1) is 0 Å². The fraction of sp³-hybridized carbons (Fsp3) is 0.913. The Kier molecular flexibility index (Phi) is 17.3. The maximum atomic E-state index is 11.3. The summed E-state index contributed by atoms with van der Waals surface area (Å²) in [5, 5.41) is 18.0. The van der Waals surface area contributed by atoms with Crippen molar-refractivity contribution in [2.45, 2.75) is 134 Å². The van der Waals surface area contributed by atoms with E-state index >= 15 is 0 Å². The molecule has 0 saturated heterocycles. The minimum Gasteiger partial charge on any atom is -0.481 e. The molecule has 0 saturated carbocycles. The van der Waals surface area contributed by atoms with Gasteiger partial charge in [0.1, 0.15) is 5.54 Å². The maximum absolute atomic E-state index is 11.3. The Labute approximate surface area is 172 Å². The average molecular weight is 400 g/mol. The molecule has 0 aromatic heterocycles. The molecule has 0 amide bonds. The molecular formula is C23H45NO4. The zero-order chi connectivity index (χ0) is 21.1. The van der Waals surface area contributed by atoms with Crippen LogP contribution in [0.4, 0.5) is 0 Å². The highest BCUT2D eigenvalue weighted by atomic mass is 16.4. The van der Waals surface area contributed by atoms with Gasteiger partial charge in [-0.25, -0.2) is 0 Å². The Balaban J connectivity index is 3.44. The lowest BCUT2D eigenvalue weighted by atomic mass is 9.88. The molecule has 0 bridgehead atoms. The van der Waals surface area contributed by atoms with Crippen molar-refractivity contribution in [1.29, 1.82) is 0 Å². The van der Waals surface area contributed by atoms with E-state index in [9.17, 15) is 14.7 Å². The molecule has 1 atom stereocenters. The van der Waals surface area contributed by atoms with Gasteiger partial charge in [0.25, 0.3) is 0 Å². The number of carboxylic acid groups (broad SMARTS) is 2. The zero-order valence-corrected chi connectivity index (χ0v) is 18.2. The van der Waals surface area contributed by atoms with Crippen molar-refractivity contribution in [3.8, 4) is 0 Å². The molecule has 0 aliphatic carbocycles. The maximum Gasteiger partial charge on any atom is 0.323 e. The summed E-state index contributed by atoms with van der Waals surface area (Å²) >= 11 is 0. The third kappa shape index (κ3) is 15.9. The van der Waals surface area contributed by atoms with Gasteiger partial charge in [0.05, 0.1) is 0 Å². The first-order valence-corrected chi connectivity index (χ1v) is 11.7. The molecule has 166 valence electrons. The molecule has 0 rings (SSSR count). The van der Waals surface area contributed by atoms with Crippen LogP contribution < -0.4 is 5.73 Å². The van der Waals surface area contributed by atoms with Crippen LogP contribution in [0.2, 0.25) is 0 Å². The highest BCUT2D eigenvalue weighted by Crippen LogP contribution is 2.20. The molecule has 0 aromatic rings. The van der Waals surface area contributed by atoms with Gasteiger partial charge in [-0.2, -0.15) is 0 Å². The molecule has 5 nitrogen and oxygen atoms in total. The first kappa shape index (κ1) is 26.9. The van der Waals surface area contributed by atoms with E-state index in [1.165, 1.54) is 83.5 Å². The number of unbranched alkanes of at least 4 members (excludes halogenated alkanes) is 15. The fourth-order valence-corrected chi connectivity index (χ4v) is 3.66. The average Bonchev–Trinajstić information content (AvgIpc) is 2.66. The van der Waals surface area contributed by atoms with Crippen LogP contribution in [0.5, 0.6) is 0 Å². The van der Waals surface area contributed by atoms with E-state index in [0.29, 0.717) is 6.42 Å². The summed E-state index contributed by atoms with van der Waals surface area (Å²) in [7, 11) is 0. The monoisotopic (exact) mass is 399 g/mol. The van der Waals surface area contributed by atoms with Gasteiger partial charge in [-0.1, -0.05) is 110 Å². The third-order valence-electron chi connectivity index (χ3n) is 5.69. The lowest BCUT2D eigenvalue weighted by molar-refractivity contribution is -0.145. The Hall–Kier alpha value is -1.10. The molecule has 5 heteroatoms. The Morgan fingerprint density at radius 1 is 0.643 bits per heavy atom. The second-order valence-electron chi connectivity index (χ2n) is 8.41. The van der Waals surface area contributed by atoms with Crippen LogP contribution >= 0.6 is 0 Å². The minimum absolute atomic E-state index is 0.00356. The van der Waals surface area contributed by atoms with E-state index in [0.717, 1.165) is 19.3 Å². The smallest absolute Gasteiger partial charge is 0.323 e. The molecule has 0 aliphatic rings. The number of rotatable bonds is 21. The molecule has 0 fully saturated rings. The predicted octanol–water partition coefficient (Wildman–Crippen LogP) is 6.28. The van der Waals surface area contributed by atoms with Crippen LogP contribution in [0.3, 0.4) is 0 Å². The van der Waals surface area contributed by atoms with Crippen LogP contribution in [-0.4, -0.2) is 27.7 Å². The van der Waals surface area contributed by atoms with Crippen LogP contribution in [-0.2, 0) is 9.59 Å². The van der Waals surface area contributed by atoms with Crippen molar-refractivity contribution in [2.24, 2.45) is 5.73 Å². The summed E-state index contributed by atoms with van der Waals surface area (Å²) in [6, 6.07) is 0. The number of carbonyl (C=O) groups is 2. The van der Waals surface area contributed by atoms with E-state index in [1.807, 2.05) is 0 Å². The van der Waals surface area contributed by atoms with Gasteiger partial charge in [-0.05, 0) is 12.8 Å². The van der Waals surface area contributed by atoms with Gasteiger partial charge in [0.15, 0.2) is 0 Å². The molecule has 0 heterocycles. The summed E-state index contributed by atoms with van der Waals surface area (Å²) < 4.78 is 0. The summed E-state index contributed by atoms with van der Waals surface area (Å²) in [4.78, 5) is 22.0. The Morgan fingerprint density at radius 2 is 1.00 bits per heavy atom. The molecular weight excluding hydrogens is 354 g/mol. The van der Waals surface area contributed by atoms with Crippen LogP contribution in [0.1, 0.15) is 129 Å². The Morgan fingerprint density at radius 3 is 1.32 bits per heavy atom. The van der Waals surface area contributed by atoms with E-state index in [1.54, 1.807) is 0 Å². The topological polar surface area (TPSA) is 101 Å². The van der Waals surface area contributed by atoms with Crippen LogP contribution in [0.25, 0.3) is 0 Å². The summed E-state index contributed by atoms with van der Waals surface area (Å²) in [6.45, 7) is 2.26. The first-order chi connectivity index (χ1) is 13.4. The van der Waals surface area contributed by atoms with Crippen molar-refractivity contribution in [2.75, 3.05) is 0 Å². The Bertz CT molecular complexity index is 400. The summed E-state index contributed by atoms with van der Waals surface area (Å²) in [6.07, 6.45) is 20.5.